The van der Waals surface area contributed by atoms with Gasteiger partial charge in [0.1, 0.15) is 0 Å². The summed E-state index contributed by atoms with van der Waals surface area (Å²) in [5.41, 5.74) is 1.24. The van der Waals surface area contributed by atoms with Crippen molar-refractivity contribution in [2.45, 2.75) is 32.9 Å². The van der Waals surface area contributed by atoms with Crippen molar-refractivity contribution < 1.29 is 9.47 Å². The Morgan fingerprint density at radius 3 is 2.94 bits per heavy atom. The number of hydrogen-bond acceptors (Lipinski definition) is 4. The molecule has 18 heavy (non-hydrogen) atoms. The summed E-state index contributed by atoms with van der Waals surface area (Å²) in [4.78, 5) is 4.14. The molecule has 0 saturated heterocycles. The van der Waals surface area contributed by atoms with E-state index in [1.54, 1.807) is 7.11 Å². The zero-order valence-corrected chi connectivity index (χ0v) is 11.5. The number of aryl methyl sites for hydroxylation is 1. The monoisotopic (exact) mass is 255 g/mol. The van der Waals surface area contributed by atoms with E-state index >= 15 is 0 Å². The summed E-state index contributed by atoms with van der Waals surface area (Å²) in [6.45, 7) is 7.20. The Hall–Kier alpha value is -0.910. The Balaban J connectivity index is 1.92. The van der Waals surface area contributed by atoms with Gasteiger partial charge in [-0.15, -0.1) is 0 Å². The normalized spacial score (nSPS) is 11.0. The van der Waals surface area contributed by atoms with Crippen LogP contribution in [-0.4, -0.2) is 43.0 Å². The first-order valence-corrected chi connectivity index (χ1v) is 6.65. The van der Waals surface area contributed by atoms with E-state index in [9.17, 15) is 0 Å². The standard InChI is InChI=1S/C13H25N3O2/c1-3-16-12-15-11-13(16)10-14-6-4-5-7-18-9-8-17-2/h11-12,14H,3-10H2,1-2H3. The van der Waals surface area contributed by atoms with Gasteiger partial charge in [0.2, 0.25) is 0 Å². The van der Waals surface area contributed by atoms with Crippen molar-refractivity contribution >= 4 is 0 Å². The number of nitrogens with zero attached hydrogens (tertiary/aromatic N) is 2. The summed E-state index contributed by atoms with van der Waals surface area (Å²) in [5, 5.41) is 3.42. The zero-order valence-electron chi connectivity index (χ0n) is 11.5. The third-order valence-electron chi connectivity index (χ3n) is 2.77. The fourth-order valence-corrected chi connectivity index (χ4v) is 1.69. The van der Waals surface area contributed by atoms with Gasteiger partial charge in [0.05, 0.1) is 25.2 Å². The summed E-state index contributed by atoms with van der Waals surface area (Å²) < 4.78 is 12.5. The summed E-state index contributed by atoms with van der Waals surface area (Å²) in [6, 6.07) is 0. The molecule has 1 heterocycles. The van der Waals surface area contributed by atoms with Gasteiger partial charge >= 0.3 is 0 Å². The number of ether oxygens (including phenoxy) is 2. The minimum Gasteiger partial charge on any atom is -0.382 e. The van der Waals surface area contributed by atoms with Gasteiger partial charge in [0, 0.05) is 33.0 Å². The molecule has 1 rings (SSSR count). The maximum absolute atomic E-state index is 5.40. The Morgan fingerprint density at radius 2 is 2.17 bits per heavy atom. The molecule has 5 heteroatoms. The quantitative estimate of drug-likeness (QED) is 0.608. The average molecular weight is 255 g/mol. The summed E-state index contributed by atoms with van der Waals surface area (Å²) in [6.07, 6.45) is 6.02. The first kappa shape index (κ1) is 15.1. The lowest BCUT2D eigenvalue weighted by Crippen LogP contribution is -2.17. The van der Waals surface area contributed by atoms with Crippen LogP contribution in [0.4, 0.5) is 0 Å². The van der Waals surface area contributed by atoms with Crippen LogP contribution in [0.1, 0.15) is 25.5 Å². The van der Waals surface area contributed by atoms with Crippen molar-refractivity contribution in [1.82, 2.24) is 14.9 Å². The van der Waals surface area contributed by atoms with E-state index in [0.29, 0.717) is 13.2 Å². The van der Waals surface area contributed by atoms with E-state index in [4.69, 9.17) is 9.47 Å². The van der Waals surface area contributed by atoms with E-state index < -0.39 is 0 Å². The van der Waals surface area contributed by atoms with Crippen LogP contribution in [0.3, 0.4) is 0 Å². The molecule has 0 amide bonds. The van der Waals surface area contributed by atoms with E-state index in [1.807, 2.05) is 12.5 Å². The fraction of sp³-hybridized carbons (Fsp3) is 0.769. The molecule has 0 aliphatic heterocycles. The maximum Gasteiger partial charge on any atom is 0.0948 e. The molecule has 1 aromatic rings. The predicted octanol–water partition coefficient (Wildman–Crippen LogP) is 1.44. The number of imidazole rings is 1. The maximum atomic E-state index is 5.40. The first-order chi connectivity index (χ1) is 8.88. The van der Waals surface area contributed by atoms with Crippen molar-refractivity contribution in [2.75, 3.05) is 33.5 Å². The second kappa shape index (κ2) is 10.1. The third-order valence-corrected chi connectivity index (χ3v) is 2.77. The van der Waals surface area contributed by atoms with Gasteiger partial charge in [-0.1, -0.05) is 0 Å². The first-order valence-electron chi connectivity index (χ1n) is 6.65. The van der Waals surface area contributed by atoms with Crippen LogP contribution in [0, 0.1) is 0 Å². The molecule has 0 aromatic carbocycles. The van der Waals surface area contributed by atoms with Gasteiger partial charge in [-0.3, -0.25) is 0 Å². The van der Waals surface area contributed by atoms with Gasteiger partial charge in [-0.05, 0) is 26.3 Å². The van der Waals surface area contributed by atoms with Crippen molar-refractivity contribution in [3.05, 3.63) is 18.2 Å². The Kier molecular flexibility index (Phi) is 8.46. The average Bonchev–Trinajstić information content (AvgIpc) is 2.84. The molecule has 0 aliphatic rings. The molecule has 1 N–H and O–H groups in total. The number of methoxy groups -OCH3 is 1. The predicted molar refractivity (Wildman–Crippen MR) is 71.5 cm³/mol. The lowest BCUT2D eigenvalue weighted by molar-refractivity contribution is 0.0688. The topological polar surface area (TPSA) is 48.3 Å². The van der Waals surface area contributed by atoms with Gasteiger partial charge < -0.3 is 19.4 Å². The molecule has 0 saturated carbocycles. The molecule has 0 radical (unpaired) electrons. The lowest BCUT2D eigenvalue weighted by Gasteiger charge is -2.07. The van der Waals surface area contributed by atoms with Crippen LogP contribution < -0.4 is 5.32 Å². The second-order valence-corrected chi connectivity index (χ2v) is 4.16. The molecule has 0 unspecified atom stereocenters. The number of hydrogen-bond donors (Lipinski definition) is 1. The Morgan fingerprint density at radius 1 is 1.28 bits per heavy atom. The van der Waals surface area contributed by atoms with Gasteiger partial charge in [-0.2, -0.15) is 0 Å². The molecule has 1 aromatic heterocycles. The smallest absolute Gasteiger partial charge is 0.0948 e. The summed E-state index contributed by atoms with van der Waals surface area (Å²) in [7, 11) is 1.69. The van der Waals surface area contributed by atoms with Crippen LogP contribution in [0.15, 0.2) is 12.5 Å². The minimum atomic E-state index is 0.680. The van der Waals surface area contributed by atoms with E-state index in [-0.39, 0.29) is 0 Å². The largest absolute Gasteiger partial charge is 0.382 e. The van der Waals surface area contributed by atoms with E-state index in [1.165, 1.54) is 5.69 Å². The Labute approximate surface area is 109 Å². The van der Waals surface area contributed by atoms with Crippen LogP contribution in [0.2, 0.25) is 0 Å². The van der Waals surface area contributed by atoms with Crippen LogP contribution in [-0.2, 0) is 22.6 Å². The third kappa shape index (κ3) is 6.14. The summed E-state index contributed by atoms with van der Waals surface area (Å²) in [5.74, 6) is 0. The fourth-order valence-electron chi connectivity index (χ4n) is 1.69. The van der Waals surface area contributed by atoms with Gasteiger partial charge in [-0.25, -0.2) is 4.98 Å². The van der Waals surface area contributed by atoms with Crippen LogP contribution in [0.5, 0.6) is 0 Å². The lowest BCUT2D eigenvalue weighted by atomic mass is 10.3. The highest BCUT2D eigenvalue weighted by molar-refractivity contribution is 4.97. The molecular formula is C13H25N3O2. The highest BCUT2D eigenvalue weighted by Crippen LogP contribution is 1.98. The Bertz CT molecular complexity index is 302. The van der Waals surface area contributed by atoms with Crippen molar-refractivity contribution in [3.63, 3.8) is 0 Å². The number of nitrogens with one attached hydrogen (secondary N) is 1. The molecule has 0 atom stereocenters. The SMILES string of the molecule is CCn1cncc1CNCCCCOCCOC. The molecule has 0 bridgehead atoms. The molecule has 0 fully saturated rings. The second-order valence-electron chi connectivity index (χ2n) is 4.16. The number of rotatable bonds is 11. The van der Waals surface area contributed by atoms with Crippen LogP contribution in [0.25, 0.3) is 0 Å². The highest BCUT2D eigenvalue weighted by Gasteiger charge is 1.98. The summed E-state index contributed by atoms with van der Waals surface area (Å²) >= 11 is 0. The van der Waals surface area contributed by atoms with E-state index in [2.05, 4.69) is 21.8 Å². The van der Waals surface area contributed by atoms with Crippen molar-refractivity contribution in [1.29, 1.82) is 0 Å². The van der Waals surface area contributed by atoms with Gasteiger partial charge in [0.25, 0.3) is 0 Å². The highest BCUT2D eigenvalue weighted by atomic mass is 16.5. The molecule has 0 spiro atoms. The van der Waals surface area contributed by atoms with E-state index in [0.717, 1.165) is 39.1 Å². The van der Waals surface area contributed by atoms with Crippen LogP contribution >= 0.6 is 0 Å². The zero-order chi connectivity index (χ0) is 13.1. The van der Waals surface area contributed by atoms with Crippen molar-refractivity contribution in [3.8, 4) is 0 Å². The van der Waals surface area contributed by atoms with Crippen molar-refractivity contribution in [2.24, 2.45) is 0 Å². The molecule has 5 nitrogen and oxygen atoms in total. The molecule has 0 aliphatic carbocycles. The molecule has 104 valence electrons. The molecular weight excluding hydrogens is 230 g/mol. The number of unbranched alkanes of at least 4 members (excludes halogenated alkanes) is 1. The minimum absolute atomic E-state index is 0.680. The number of aromatic nitrogens is 2. The van der Waals surface area contributed by atoms with Gasteiger partial charge in [0.15, 0.2) is 0 Å².